The predicted octanol–water partition coefficient (Wildman–Crippen LogP) is -0.109. The third kappa shape index (κ3) is 16.0. The van der Waals surface area contributed by atoms with Gasteiger partial charge in [-0.2, -0.15) is 0 Å². The minimum Gasteiger partial charge on any atom is -0.481 e. The van der Waals surface area contributed by atoms with Crippen molar-refractivity contribution in [2.45, 2.75) is 6.42 Å². The maximum absolute atomic E-state index is 10.1. The van der Waals surface area contributed by atoms with E-state index in [0.717, 1.165) is 0 Å². The summed E-state index contributed by atoms with van der Waals surface area (Å²) < 4.78 is 15.2. The number of rotatable bonds is 11. The summed E-state index contributed by atoms with van der Waals surface area (Å²) in [5.41, 5.74) is 5.21. The number of carbonyl (C=O) groups is 1. The van der Waals surface area contributed by atoms with Crippen LogP contribution in [-0.4, -0.2) is 57.3 Å². The molecule has 0 fully saturated rings. The Morgan fingerprint density at radius 3 is 1.81 bits per heavy atom. The van der Waals surface area contributed by atoms with Crippen LogP contribution >= 0.6 is 12.4 Å². The molecule has 3 N–H and O–H groups in total. The van der Waals surface area contributed by atoms with Gasteiger partial charge in [0.1, 0.15) is 0 Å². The second-order valence-corrected chi connectivity index (χ2v) is 2.77. The normalized spacial score (nSPS) is 9.81. The van der Waals surface area contributed by atoms with Crippen molar-refractivity contribution in [1.82, 2.24) is 0 Å². The van der Waals surface area contributed by atoms with Gasteiger partial charge in [-0.15, -0.1) is 12.4 Å². The van der Waals surface area contributed by atoms with Gasteiger partial charge >= 0.3 is 5.97 Å². The molecule has 6 nitrogen and oxygen atoms in total. The van der Waals surface area contributed by atoms with E-state index in [4.69, 9.17) is 25.1 Å². The smallest absolute Gasteiger partial charge is 0.305 e. The van der Waals surface area contributed by atoms with Crippen LogP contribution in [0.4, 0.5) is 0 Å². The number of carboxylic acid groups (broad SMARTS) is 1. The molecule has 0 atom stereocenters. The number of hydrogen-bond acceptors (Lipinski definition) is 5. The third-order valence-corrected chi connectivity index (χ3v) is 1.47. The summed E-state index contributed by atoms with van der Waals surface area (Å²) in [4.78, 5) is 10.1. The first-order valence-corrected chi connectivity index (χ1v) is 4.92. The third-order valence-electron chi connectivity index (χ3n) is 1.47. The zero-order valence-corrected chi connectivity index (χ0v) is 10.0. The van der Waals surface area contributed by atoms with E-state index in [1.807, 2.05) is 0 Å². The molecule has 0 rings (SSSR count). The largest absolute Gasteiger partial charge is 0.481 e. The van der Waals surface area contributed by atoms with Gasteiger partial charge in [0.2, 0.25) is 0 Å². The van der Waals surface area contributed by atoms with Crippen molar-refractivity contribution >= 4 is 18.4 Å². The molecular weight excluding hydrogens is 238 g/mol. The van der Waals surface area contributed by atoms with Crippen LogP contribution < -0.4 is 5.73 Å². The highest BCUT2D eigenvalue weighted by Crippen LogP contribution is 1.84. The lowest BCUT2D eigenvalue weighted by atomic mass is 10.5. The van der Waals surface area contributed by atoms with E-state index in [1.165, 1.54) is 0 Å². The average molecular weight is 258 g/mol. The van der Waals surface area contributed by atoms with Crippen molar-refractivity contribution in [2.24, 2.45) is 5.73 Å². The molecule has 0 saturated heterocycles. The lowest BCUT2D eigenvalue weighted by molar-refractivity contribution is -0.138. The quantitative estimate of drug-likeness (QED) is 0.502. The zero-order valence-electron chi connectivity index (χ0n) is 9.22. The molecule has 16 heavy (non-hydrogen) atoms. The first-order chi connectivity index (χ1) is 7.27. The monoisotopic (exact) mass is 257 g/mol. The molecule has 0 aromatic carbocycles. The molecule has 0 heterocycles. The number of halogens is 1. The van der Waals surface area contributed by atoms with E-state index in [0.29, 0.717) is 39.6 Å². The number of hydrogen-bond donors (Lipinski definition) is 2. The van der Waals surface area contributed by atoms with Crippen molar-refractivity contribution < 1.29 is 24.1 Å². The Labute approximate surface area is 101 Å². The fourth-order valence-corrected chi connectivity index (χ4v) is 0.785. The number of aliphatic carboxylic acids is 1. The standard InChI is InChI=1S/C9H19NO5.ClH/c10-2-4-14-6-8-15-7-5-13-3-1-9(11)12;/h1-8,10H2,(H,11,12);1H. The summed E-state index contributed by atoms with van der Waals surface area (Å²) in [5.74, 6) is -0.855. The lowest BCUT2D eigenvalue weighted by Crippen LogP contribution is -2.14. The van der Waals surface area contributed by atoms with Crippen molar-refractivity contribution in [2.75, 3.05) is 46.2 Å². The fourth-order valence-electron chi connectivity index (χ4n) is 0.785. The fraction of sp³-hybridized carbons (Fsp3) is 0.889. The molecule has 0 spiro atoms. The van der Waals surface area contributed by atoms with Crippen LogP contribution in [0.3, 0.4) is 0 Å². The predicted molar refractivity (Wildman–Crippen MR) is 61.0 cm³/mol. The average Bonchev–Trinajstić information content (AvgIpc) is 2.20. The second kappa shape index (κ2) is 14.6. The molecule has 0 aliphatic rings. The van der Waals surface area contributed by atoms with Gasteiger partial charge in [0.05, 0.1) is 46.1 Å². The first kappa shape index (κ1) is 18.0. The molecule has 0 aliphatic carbocycles. The van der Waals surface area contributed by atoms with E-state index in [9.17, 15) is 4.79 Å². The van der Waals surface area contributed by atoms with Gasteiger partial charge in [-0.25, -0.2) is 0 Å². The van der Waals surface area contributed by atoms with Crippen molar-refractivity contribution in [1.29, 1.82) is 0 Å². The Kier molecular flexibility index (Phi) is 16.4. The molecule has 0 unspecified atom stereocenters. The van der Waals surface area contributed by atoms with Crippen molar-refractivity contribution in [3.63, 3.8) is 0 Å². The van der Waals surface area contributed by atoms with Gasteiger partial charge in [-0.1, -0.05) is 0 Å². The van der Waals surface area contributed by atoms with Gasteiger partial charge in [-0.3, -0.25) is 4.79 Å². The van der Waals surface area contributed by atoms with E-state index in [-0.39, 0.29) is 25.4 Å². The van der Waals surface area contributed by atoms with Crippen LogP contribution in [0.2, 0.25) is 0 Å². The van der Waals surface area contributed by atoms with Crippen molar-refractivity contribution in [3.05, 3.63) is 0 Å². The molecule has 0 aromatic heterocycles. The molecule has 0 amide bonds. The van der Waals surface area contributed by atoms with E-state index >= 15 is 0 Å². The van der Waals surface area contributed by atoms with Crippen LogP contribution in [0.5, 0.6) is 0 Å². The Morgan fingerprint density at radius 1 is 0.938 bits per heavy atom. The summed E-state index contributed by atoms with van der Waals surface area (Å²) in [6.07, 6.45) is 0.0274. The molecule has 7 heteroatoms. The first-order valence-electron chi connectivity index (χ1n) is 4.92. The Hall–Kier alpha value is -0.400. The molecule has 0 radical (unpaired) electrons. The molecule has 0 saturated carbocycles. The van der Waals surface area contributed by atoms with Gasteiger partial charge < -0.3 is 25.1 Å². The number of ether oxygens (including phenoxy) is 3. The molecule has 0 bridgehead atoms. The minimum atomic E-state index is -0.855. The van der Waals surface area contributed by atoms with Crippen LogP contribution in [0.15, 0.2) is 0 Å². The lowest BCUT2D eigenvalue weighted by Gasteiger charge is -2.05. The summed E-state index contributed by atoms with van der Waals surface area (Å²) >= 11 is 0. The number of nitrogens with two attached hydrogens (primary N) is 1. The van der Waals surface area contributed by atoms with Crippen LogP contribution in [-0.2, 0) is 19.0 Å². The van der Waals surface area contributed by atoms with Gasteiger partial charge in [0.25, 0.3) is 0 Å². The number of carboxylic acids is 1. The Morgan fingerprint density at radius 2 is 1.38 bits per heavy atom. The summed E-state index contributed by atoms with van der Waals surface area (Å²) in [7, 11) is 0. The summed E-state index contributed by atoms with van der Waals surface area (Å²) in [5, 5.41) is 8.30. The van der Waals surface area contributed by atoms with E-state index in [2.05, 4.69) is 0 Å². The maximum Gasteiger partial charge on any atom is 0.305 e. The van der Waals surface area contributed by atoms with Crippen LogP contribution in [0.25, 0.3) is 0 Å². The summed E-state index contributed by atoms with van der Waals surface area (Å²) in [6.45, 7) is 3.16. The van der Waals surface area contributed by atoms with Crippen LogP contribution in [0.1, 0.15) is 6.42 Å². The van der Waals surface area contributed by atoms with Crippen molar-refractivity contribution in [3.8, 4) is 0 Å². The van der Waals surface area contributed by atoms with Gasteiger partial charge in [0.15, 0.2) is 0 Å². The topological polar surface area (TPSA) is 91.0 Å². The highest BCUT2D eigenvalue weighted by molar-refractivity contribution is 5.85. The Balaban J connectivity index is 0. The second-order valence-electron chi connectivity index (χ2n) is 2.77. The molecule has 98 valence electrons. The Bertz CT molecular complexity index is 159. The molecule has 0 aliphatic heterocycles. The maximum atomic E-state index is 10.1. The highest BCUT2D eigenvalue weighted by atomic mass is 35.5. The van der Waals surface area contributed by atoms with E-state index < -0.39 is 5.97 Å². The zero-order chi connectivity index (χ0) is 11.4. The summed E-state index contributed by atoms with van der Waals surface area (Å²) in [6, 6.07) is 0. The minimum absolute atomic E-state index is 0. The molecular formula is C9H20ClNO5. The van der Waals surface area contributed by atoms with Gasteiger partial charge in [-0.05, 0) is 0 Å². The van der Waals surface area contributed by atoms with Crippen LogP contribution in [0, 0.1) is 0 Å². The van der Waals surface area contributed by atoms with Gasteiger partial charge in [0, 0.05) is 6.54 Å². The SMILES string of the molecule is Cl.NCCOCCOCCOCCC(=O)O. The highest BCUT2D eigenvalue weighted by Gasteiger charge is 1.95. The van der Waals surface area contributed by atoms with E-state index in [1.54, 1.807) is 0 Å². The molecule has 0 aromatic rings.